The van der Waals surface area contributed by atoms with Gasteiger partial charge in [0.05, 0.1) is 0 Å². The predicted molar refractivity (Wildman–Crippen MR) is 212 cm³/mol. The van der Waals surface area contributed by atoms with Crippen molar-refractivity contribution in [2.75, 3.05) is 0 Å². The first-order chi connectivity index (χ1) is 26.6. The van der Waals surface area contributed by atoms with Crippen molar-refractivity contribution in [1.82, 2.24) is 0 Å². The zero-order valence-corrected chi connectivity index (χ0v) is 29.1. The summed E-state index contributed by atoms with van der Waals surface area (Å²) in [6, 6.07) is 25.7. The van der Waals surface area contributed by atoms with Crippen molar-refractivity contribution in [2.45, 2.75) is 25.7 Å². The highest BCUT2D eigenvalue weighted by Crippen LogP contribution is 2.62. The molecule has 10 rings (SSSR count). The van der Waals surface area contributed by atoms with Gasteiger partial charge in [0.25, 0.3) is 0 Å². The molecule has 0 amide bonds. The van der Waals surface area contributed by atoms with Crippen LogP contribution >= 0.6 is 0 Å². The standard InChI is InChI=1S/C46H32O9/c47-39-35-33(27-12-5-9-21-7-1-3-10-25(21)27)36-38(42(50)46(54)44(52)40(36)48)34(37(35)41(49)45(53)43(39)51)28-13-6-14-31-30(28)20-32(55-31)24-18-17-23-16-15-22-8-2-4-11-26(22)29(23)19-24/h1,3-7,9-14,17-20,47-54H,2,8,15-16H2. The Balaban J connectivity index is 1.34. The molecule has 55 heavy (non-hydrogen) atoms. The van der Waals surface area contributed by atoms with Crippen LogP contribution < -0.4 is 0 Å². The summed E-state index contributed by atoms with van der Waals surface area (Å²) in [6.07, 6.45) is 8.45. The fourth-order valence-corrected chi connectivity index (χ4v) is 8.76. The Hall–Kier alpha value is -7.26. The zero-order valence-electron chi connectivity index (χ0n) is 29.1. The van der Waals surface area contributed by atoms with E-state index in [1.807, 2.05) is 30.3 Å². The molecule has 0 bridgehead atoms. The minimum Gasteiger partial charge on any atom is -0.504 e. The van der Waals surface area contributed by atoms with Gasteiger partial charge in [-0.15, -0.1) is 0 Å². The van der Waals surface area contributed by atoms with E-state index >= 15 is 0 Å². The number of fused-ring (bicyclic) bond motifs is 6. The van der Waals surface area contributed by atoms with Crippen LogP contribution in [0.15, 0.2) is 107 Å². The number of furan rings is 1. The van der Waals surface area contributed by atoms with Gasteiger partial charge in [-0.05, 0) is 82.5 Å². The van der Waals surface area contributed by atoms with Crippen LogP contribution in [0.5, 0.6) is 46.0 Å². The molecule has 1 heterocycles. The first-order valence-corrected chi connectivity index (χ1v) is 17.9. The van der Waals surface area contributed by atoms with Gasteiger partial charge in [0.1, 0.15) is 11.3 Å². The maximum absolute atomic E-state index is 11.8. The minimum absolute atomic E-state index is 0.00342. The van der Waals surface area contributed by atoms with E-state index in [0.29, 0.717) is 33.2 Å². The number of aromatic hydroxyl groups is 8. The summed E-state index contributed by atoms with van der Waals surface area (Å²) in [7, 11) is 0. The van der Waals surface area contributed by atoms with E-state index in [4.69, 9.17) is 4.42 Å². The Bertz CT molecular complexity index is 2990. The highest BCUT2D eigenvalue weighted by molar-refractivity contribution is 6.31. The minimum atomic E-state index is -1.03. The van der Waals surface area contributed by atoms with E-state index in [1.54, 1.807) is 42.5 Å². The summed E-state index contributed by atoms with van der Waals surface area (Å²) in [6.45, 7) is 0. The molecule has 0 saturated heterocycles. The molecule has 8 N–H and O–H groups in total. The van der Waals surface area contributed by atoms with E-state index < -0.39 is 46.0 Å². The summed E-state index contributed by atoms with van der Waals surface area (Å²) in [4.78, 5) is 0. The average molecular weight is 729 g/mol. The third kappa shape index (κ3) is 4.47. The molecule has 270 valence electrons. The number of rotatable bonds is 3. The summed E-state index contributed by atoms with van der Waals surface area (Å²) in [5.74, 6) is -6.91. The molecule has 1 aromatic heterocycles. The predicted octanol–water partition coefficient (Wildman–Crippen LogP) is 10.6. The number of aryl methyl sites for hydroxylation is 1. The van der Waals surface area contributed by atoms with Gasteiger partial charge in [0.2, 0.25) is 23.0 Å². The Morgan fingerprint density at radius 3 is 1.71 bits per heavy atom. The fraction of sp³-hybridized carbons (Fsp3) is 0.0870. The van der Waals surface area contributed by atoms with Crippen LogP contribution in [0.25, 0.3) is 82.4 Å². The molecule has 9 heteroatoms. The van der Waals surface area contributed by atoms with Crippen molar-refractivity contribution in [2.24, 2.45) is 0 Å². The lowest BCUT2D eigenvalue weighted by Crippen LogP contribution is -2.06. The quantitative estimate of drug-likeness (QED) is 0.0500. The van der Waals surface area contributed by atoms with Gasteiger partial charge < -0.3 is 45.3 Å². The van der Waals surface area contributed by atoms with Gasteiger partial charge in [-0.1, -0.05) is 84.5 Å². The van der Waals surface area contributed by atoms with Crippen molar-refractivity contribution in [3.8, 4) is 79.6 Å². The Morgan fingerprint density at radius 2 is 1.05 bits per heavy atom. The molecular weight excluding hydrogens is 696 g/mol. The first kappa shape index (κ1) is 32.4. The van der Waals surface area contributed by atoms with Crippen molar-refractivity contribution in [3.63, 3.8) is 0 Å². The monoisotopic (exact) mass is 728 g/mol. The second kappa shape index (κ2) is 11.6. The van der Waals surface area contributed by atoms with E-state index in [9.17, 15) is 40.9 Å². The van der Waals surface area contributed by atoms with E-state index in [0.717, 1.165) is 42.2 Å². The highest BCUT2D eigenvalue weighted by Gasteiger charge is 2.33. The fourth-order valence-electron chi connectivity index (χ4n) is 8.76. The van der Waals surface area contributed by atoms with Gasteiger partial charge in [0.15, 0.2) is 23.0 Å². The third-order valence-electron chi connectivity index (χ3n) is 11.3. The lowest BCUT2D eigenvalue weighted by molar-refractivity contribution is 0.350. The molecule has 0 atom stereocenters. The van der Waals surface area contributed by atoms with Crippen LogP contribution in [-0.2, 0) is 6.42 Å². The molecule has 0 fully saturated rings. The second-order valence-corrected chi connectivity index (χ2v) is 14.2. The summed E-state index contributed by atoms with van der Waals surface area (Å²) in [5.41, 5.74) is 6.98. The van der Waals surface area contributed by atoms with Crippen LogP contribution in [0.3, 0.4) is 0 Å². The Labute approximate surface area is 312 Å². The molecule has 2 aliphatic carbocycles. The molecule has 7 aromatic carbocycles. The van der Waals surface area contributed by atoms with Gasteiger partial charge >= 0.3 is 0 Å². The topological polar surface area (TPSA) is 175 Å². The van der Waals surface area contributed by atoms with Crippen molar-refractivity contribution >= 4 is 48.9 Å². The normalized spacial score (nSPS) is 14.0. The number of phenolic OH excluding ortho intramolecular Hbond substituents is 8. The van der Waals surface area contributed by atoms with Gasteiger partial charge in [0, 0.05) is 43.6 Å². The van der Waals surface area contributed by atoms with E-state index in [1.165, 1.54) is 16.7 Å². The zero-order chi connectivity index (χ0) is 37.9. The van der Waals surface area contributed by atoms with Crippen LogP contribution in [0.2, 0.25) is 0 Å². The Morgan fingerprint density at radius 1 is 0.473 bits per heavy atom. The lowest BCUT2D eigenvalue weighted by Gasteiger charge is -2.24. The van der Waals surface area contributed by atoms with Crippen LogP contribution in [0.1, 0.15) is 30.4 Å². The second-order valence-electron chi connectivity index (χ2n) is 14.2. The number of benzene rings is 7. The average Bonchev–Trinajstić information content (AvgIpc) is 3.67. The molecule has 0 radical (unpaired) electrons. The molecular formula is C46H32O9. The highest BCUT2D eigenvalue weighted by atomic mass is 16.4. The van der Waals surface area contributed by atoms with Gasteiger partial charge in [-0.3, -0.25) is 0 Å². The molecule has 0 spiro atoms. The van der Waals surface area contributed by atoms with Gasteiger partial charge in [-0.25, -0.2) is 0 Å². The van der Waals surface area contributed by atoms with E-state index in [2.05, 4.69) is 24.3 Å². The molecule has 8 aromatic rings. The van der Waals surface area contributed by atoms with Crippen LogP contribution in [0, 0.1) is 0 Å². The SMILES string of the molecule is Oc1c(O)c(O)c2c(-c3cccc4oc(-c5ccc6c(c5)C5=C(CCC=C5)CC6)cc34)c3c(O)c(O)c(O)c(O)c3c(-c3cccc4ccccc34)c2c1O. The molecule has 0 saturated carbocycles. The smallest absolute Gasteiger partial charge is 0.204 e. The van der Waals surface area contributed by atoms with Crippen LogP contribution in [0.4, 0.5) is 0 Å². The number of hydrogen-bond donors (Lipinski definition) is 8. The molecule has 0 aliphatic heterocycles. The Kier molecular flexibility index (Phi) is 6.84. The largest absolute Gasteiger partial charge is 0.504 e. The summed E-state index contributed by atoms with van der Waals surface area (Å²) >= 11 is 0. The van der Waals surface area contributed by atoms with E-state index in [-0.39, 0.29) is 32.7 Å². The van der Waals surface area contributed by atoms with Crippen LogP contribution in [-0.4, -0.2) is 40.9 Å². The van der Waals surface area contributed by atoms with Crippen molar-refractivity contribution < 1.29 is 45.3 Å². The first-order valence-electron chi connectivity index (χ1n) is 17.9. The van der Waals surface area contributed by atoms with Crippen molar-refractivity contribution in [1.29, 1.82) is 0 Å². The lowest BCUT2D eigenvalue weighted by atomic mass is 9.80. The van der Waals surface area contributed by atoms with Crippen molar-refractivity contribution in [3.05, 3.63) is 114 Å². The molecule has 9 nitrogen and oxygen atoms in total. The van der Waals surface area contributed by atoms with Gasteiger partial charge in [-0.2, -0.15) is 0 Å². The molecule has 2 aliphatic rings. The summed E-state index contributed by atoms with van der Waals surface area (Å²) in [5, 5.41) is 92.2. The summed E-state index contributed by atoms with van der Waals surface area (Å²) < 4.78 is 6.47. The molecule has 0 unspecified atom stereocenters. The number of phenols is 8. The third-order valence-corrected chi connectivity index (χ3v) is 11.3. The number of allylic oxidation sites excluding steroid dienone is 4. The number of hydrogen-bond acceptors (Lipinski definition) is 9. The maximum Gasteiger partial charge on any atom is 0.204 e. The maximum atomic E-state index is 11.8.